The van der Waals surface area contributed by atoms with Gasteiger partial charge in [0, 0.05) is 17.5 Å². The second-order valence-electron chi connectivity index (χ2n) is 6.39. The molecule has 1 aromatic rings. The Bertz CT molecular complexity index is 493. The van der Waals surface area contributed by atoms with Crippen molar-refractivity contribution in [1.82, 2.24) is 10.2 Å². The molecule has 5 heteroatoms. The molecule has 1 aliphatic heterocycles. The largest absolute Gasteiger partial charge is 0.395 e. The third kappa shape index (κ3) is 3.70. The van der Waals surface area contributed by atoms with E-state index in [1.54, 1.807) is 11.3 Å². The topological polar surface area (TPSA) is 52.6 Å². The van der Waals surface area contributed by atoms with E-state index in [9.17, 15) is 9.90 Å². The van der Waals surface area contributed by atoms with Crippen LogP contribution in [0, 0.1) is 0 Å². The Morgan fingerprint density at radius 2 is 2.27 bits per heavy atom. The Balaban J connectivity index is 1.33. The smallest absolute Gasteiger partial charge is 0.261 e. The molecule has 122 valence electrons. The maximum absolute atomic E-state index is 12.1. The summed E-state index contributed by atoms with van der Waals surface area (Å²) in [5, 5.41) is 12.3. The molecule has 1 fully saturated rings. The molecule has 0 saturated carbocycles. The predicted octanol–water partition coefficient (Wildman–Crippen LogP) is 2.20. The lowest BCUT2D eigenvalue weighted by Gasteiger charge is -2.22. The summed E-state index contributed by atoms with van der Waals surface area (Å²) in [5.74, 6) is 0.0915. The van der Waals surface area contributed by atoms with Gasteiger partial charge in [0.2, 0.25) is 0 Å². The molecule has 0 aromatic carbocycles. The van der Waals surface area contributed by atoms with Crippen molar-refractivity contribution in [2.24, 2.45) is 0 Å². The molecule has 22 heavy (non-hydrogen) atoms. The number of aliphatic hydroxyl groups excluding tert-OH is 1. The lowest BCUT2D eigenvalue weighted by Crippen LogP contribution is -2.33. The first-order valence-electron chi connectivity index (χ1n) is 8.52. The molecular weight excluding hydrogens is 296 g/mol. The second-order valence-corrected chi connectivity index (χ2v) is 7.53. The SMILES string of the molecule is O=C(NCCCCN1CCCC1CO)c1cc2c(s1)CCC2. The molecule has 1 aliphatic carbocycles. The highest BCUT2D eigenvalue weighted by molar-refractivity contribution is 7.14. The number of hydrogen-bond donors (Lipinski definition) is 2. The summed E-state index contributed by atoms with van der Waals surface area (Å²) < 4.78 is 0. The van der Waals surface area contributed by atoms with Gasteiger partial charge in [-0.3, -0.25) is 9.69 Å². The minimum atomic E-state index is 0.0915. The number of nitrogens with one attached hydrogen (secondary N) is 1. The number of aliphatic hydroxyl groups is 1. The van der Waals surface area contributed by atoms with Crippen LogP contribution >= 0.6 is 11.3 Å². The van der Waals surface area contributed by atoms with Crippen molar-refractivity contribution in [3.05, 3.63) is 21.4 Å². The number of carbonyl (C=O) groups is 1. The number of hydrogen-bond acceptors (Lipinski definition) is 4. The molecule has 2 heterocycles. The molecule has 0 spiro atoms. The highest BCUT2D eigenvalue weighted by atomic mass is 32.1. The fourth-order valence-corrected chi connectivity index (χ4v) is 4.74. The monoisotopic (exact) mass is 322 g/mol. The van der Waals surface area contributed by atoms with Gasteiger partial charge in [-0.05, 0) is 69.7 Å². The normalized spacial score (nSPS) is 21.2. The van der Waals surface area contributed by atoms with E-state index in [-0.39, 0.29) is 12.5 Å². The summed E-state index contributed by atoms with van der Waals surface area (Å²) in [6, 6.07) is 2.45. The molecule has 4 nitrogen and oxygen atoms in total. The molecule has 0 radical (unpaired) electrons. The van der Waals surface area contributed by atoms with E-state index in [0.29, 0.717) is 6.04 Å². The summed E-state index contributed by atoms with van der Waals surface area (Å²) in [6.07, 6.45) is 7.94. The van der Waals surface area contributed by atoms with Gasteiger partial charge in [0.15, 0.2) is 0 Å². The quantitative estimate of drug-likeness (QED) is 0.757. The average molecular weight is 322 g/mol. The van der Waals surface area contributed by atoms with Crippen molar-refractivity contribution in [2.75, 3.05) is 26.2 Å². The number of nitrogens with zero attached hydrogens (tertiary/aromatic N) is 1. The number of carbonyl (C=O) groups excluding carboxylic acids is 1. The standard InChI is InChI=1S/C17H26N2O2S/c20-12-14-6-4-10-19(14)9-2-1-8-18-17(21)16-11-13-5-3-7-15(13)22-16/h11,14,20H,1-10,12H2,(H,18,21). The van der Waals surface area contributed by atoms with E-state index >= 15 is 0 Å². The zero-order chi connectivity index (χ0) is 15.4. The zero-order valence-electron chi connectivity index (χ0n) is 13.1. The van der Waals surface area contributed by atoms with E-state index in [2.05, 4.69) is 16.3 Å². The molecule has 1 aromatic heterocycles. The first-order chi connectivity index (χ1) is 10.8. The van der Waals surface area contributed by atoms with E-state index in [4.69, 9.17) is 0 Å². The van der Waals surface area contributed by atoms with E-state index in [0.717, 1.165) is 56.6 Å². The molecule has 1 atom stereocenters. The molecule has 3 rings (SSSR count). The molecule has 1 unspecified atom stereocenters. The summed E-state index contributed by atoms with van der Waals surface area (Å²) >= 11 is 1.67. The first kappa shape index (κ1) is 16.0. The lowest BCUT2D eigenvalue weighted by molar-refractivity contribution is 0.0956. The van der Waals surface area contributed by atoms with Crippen LogP contribution in [0.15, 0.2) is 6.07 Å². The van der Waals surface area contributed by atoms with Crippen LogP contribution < -0.4 is 5.32 Å². The zero-order valence-corrected chi connectivity index (χ0v) is 14.0. The van der Waals surface area contributed by atoms with Gasteiger partial charge in [-0.2, -0.15) is 0 Å². The van der Waals surface area contributed by atoms with Crippen LogP contribution in [0.2, 0.25) is 0 Å². The van der Waals surface area contributed by atoms with Gasteiger partial charge in [-0.1, -0.05) is 0 Å². The Morgan fingerprint density at radius 1 is 1.36 bits per heavy atom. The molecule has 2 N–H and O–H groups in total. The fraction of sp³-hybridized carbons (Fsp3) is 0.706. The fourth-order valence-electron chi connectivity index (χ4n) is 3.57. The average Bonchev–Trinajstić information content (AvgIpc) is 3.21. The Hall–Kier alpha value is -0.910. The van der Waals surface area contributed by atoms with Crippen molar-refractivity contribution in [1.29, 1.82) is 0 Å². The number of unbranched alkanes of at least 4 members (excludes halogenated alkanes) is 1. The van der Waals surface area contributed by atoms with Crippen molar-refractivity contribution in [3.63, 3.8) is 0 Å². The van der Waals surface area contributed by atoms with Crippen molar-refractivity contribution in [3.8, 4) is 0 Å². The van der Waals surface area contributed by atoms with Crippen LogP contribution in [-0.4, -0.2) is 48.2 Å². The molecule has 2 aliphatic rings. The minimum absolute atomic E-state index is 0.0915. The maximum Gasteiger partial charge on any atom is 0.261 e. The number of thiophene rings is 1. The third-order valence-corrected chi connectivity index (χ3v) is 6.07. The van der Waals surface area contributed by atoms with Gasteiger partial charge in [-0.25, -0.2) is 0 Å². The highest BCUT2D eigenvalue weighted by Gasteiger charge is 2.22. The summed E-state index contributed by atoms with van der Waals surface area (Å²) in [6.45, 7) is 3.17. The highest BCUT2D eigenvalue weighted by Crippen LogP contribution is 2.30. The van der Waals surface area contributed by atoms with Gasteiger partial charge in [0.1, 0.15) is 0 Å². The van der Waals surface area contributed by atoms with Crippen molar-refractivity contribution >= 4 is 17.2 Å². The first-order valence-corrected chi connectivity index (χ1v) is 9.34. The molecule has 0 bridgehead atoms. The van der Waals surface area contributed by atoms with Crippen LogP contribution in [0.1, 0.15) is 52.2 Å². The predicted molar refractivity (Wildman–Crippen MR) is 89.6 cm³/mol. The van der Waals surface area contributed by atoms with E-state index < -0.39 is 0 Å². The van der Waals surface area contributed by atoms with Gasteiger partial charge >= 0.3 is 0 Å². The Morgan fingerprint density at radius 3 is 3.09 bits per heavy atom. The minimum Gasteiger partial charge on any atom is -0.395 e. The van der Waals surface area contributed by atoms with E-state index in [1.807, 2.05) is 0 Å². The van der Waals surface area contributed by atoms with Gasteiger partial charge in [-0.15, -0.1) is 11.3 Å². The summed E-state index contributed by atoms with van der Waals surface area (Å²) in [4.78, 5) is 16.8. The van der Waals surface area contributed by atoms with Crippen LogP contribution in [0.4, 0.5) is 0 Å². The second kappa shape index (κ2) is 7.57. The van der Waals surface area contributed by atoms with Gasteiger partial charge in [0.05, 0.1) is 11.5 Å². The third-order valence-electron chi connectivity index (χ3n) is 4.84. The molecule has 1 amide bonds. The van der Waals surface area contributed by atoms with Crippen molar-refractivity contribution in [2.45, 2.75) is 51.0 Å². The summed E-state index contributed by atoms with van der Waals surface area (Å²) in [7, 11) is 0. The van der Waals surface area contributed by atoms with Crippen LogP contribution in [0.3, 0.4) is 0 Å². The molecular formula is C17H26N2O2S. The van der Waals surface area contributed by atoms with Crippen LogP contribution in [0.5, 0.6) is 0 Å². The Labute approximate surface area is 136 Å². The number of amides is 1. The molecule has 1 saturated heterocycles. The maximum atomic E-state index is 12.1. The van der Waals surface area contributed by atoms with Gasteiger partial charge in [0.25, 0.3) is 5.91 Å². The Kier molecular flexibility index (Phi) is 5.50. The van der Waals surface area contributed by atoms with Crippen molar-refractivity contribution < 1.29 is 9.90 Å². The van der Waals surface area contributed by atoms with Crippen LogP contribution in [0.25, 0.3) is 0 Å². The number of likely N-dealkylation sites (tertiary alicyclic amines) is 1. The van der Waals surface area contributed by atoms with Crippen LogP contribution in [-0.2, 0) is 12.8 Å². The number of fused-ring (bicyclic) bond motifs is 1. The number of rotatable bonds is 7. The van der Waals surface area contributed by atoms with Gasteiger partial charge < -0.3 is 10.4 Å². The number of aryl methyl sites for hydroxylation is 2. The summed E-state index contributed by atoms with van der Waals surface area (Å²) in [5.41, 5.74) is 1.39. The van der Waals surface area contributed by atoms with E-state index in [1.165, 1.54) is 23.3 Å². The lowest BCUT2D eigenvalue weighted by atomic mass is 10.2.